The molecule has 3 aromatic heterocycles. The van der Waals surface area contributed by atoms with E-state index in [1.165, 1.54) is 43.7 Å². The van der Waals surface area contributed by atoms with E-state index < -0.39 is 133 Å². The second kappa shape index (κ2) is 30.6. The first-order valence-corrected chi connectivity index (χ1v) is 26.3. The molecule has 77 heavy (non-hydrogen) atoms. The Morgan fingerprint density at radius 1 is 0.623 bits per heavy atom. The molecule has 17 N–H and O–H groups in total. The minimum absolute atomic E-state index is 0.0815. The van der Waals surface area contributed by atoms with Crippen LogP contribution in [-0.2, 0) is 67.2 Å². The number of nitrogens with one attached hydrogen (secondary N) is 12. The lowest BCUT2D eigenvalue weighted by Gasteiger charge is -2.27. The van der Waals surface area contributed by atoms with Crippen LogP contribution in [0.5, 0.6) is 0 Å². The molecule has 0 aliphatic carbocycles. The van der Waals surface area contributed by atoms with Crippen molar-refractivity contribution in [2.45, 2.75) is 115 Å². The number of hydrogen-bond acceptors (Lipinski definition) is 15. The summed E-state index contributed by atoms with van der Waals surface area (Å²) >= 11 is 1.47. The van der Waals surface area contributed by atoms with Gasteiger partial charge >= 0.3 is 0 Å². The number of imidazole rings is 2. The maximum absolute atomic E-state index is 14.2. The quantitative estimate of drug-likeness (QED) is 0.0226. The number of hydrogen-bond donors (Lipinski definition) is 15. The molecule has 0 aliphatic rings. The Kier molecular flexibility index (Phi) is 24.5. The fourth-order valence-electron chi connectivity index (χ4n) is 7.86. The van der Waals surface area contributed by atoms with Crippen molar-refractivity contribution in [2.75, 3.05) is 31.7 Å². The number of aliphatic hydroxyl groups is 1. The van der Waals surface area contributed by atoms with Crippen LogP contribution in [-0.4, -0.2) is 169 Å². The van der Waals surface area contributed by atoms with E-state index in [-0.39, 0.29) is 38.0 Å². The number of amides is 10. The first-order valence-electron chi connectivity index (χ1n) is 24.9. The van der Waals surface area contributed by atoms with Gasteiger partial charge in [0.05, 0.1) is 32.4 Å². The van der Waals surface area contributed by atoms with Gasteiger partial charge in [-0.1, -0.05) is 45.9 Å². The number of carbonyl (C=O) groups is 10. The van der Waals surface area contributed by atoms with Gasteiger partial charge in [-0.3, -0.25) is 47.9 Å². The van der Waals surface area contributed by atoms with Crippen molar-refractivity contribution >= 4 is 81.7 Å². The topological polar surface area (TPSA) is 424 Å². The molecule has 8 unspecified atom stereocenters. The number of aliphatic hydroxyl groups excluding tert-OH is 1. The van der Waals surface area contributed by atoms with Crippen LogP contribution in [0.4, 0.5) is 0 Å². The number of nitrogens with two attached hydrogens (primary N) is 2. The van der Waals surface area contributed by atoms with Crippen molar-refractivity contribution in [3.05, 3.63) is 72.5 Å². The molecule has 0 saturated heterocycles. The molecule has 28 heteroatoms. The normalized spacial score (nSPS) is 14.4. The summed E-state index contributed by atoms with van der Waals surface area (Å²) in [6, 6.07) is -2.96. The summed E-state index contributed by atoms with van der Waals surface area (Å²) in [7, 11) is 0. The average Bonchev–Trinajstić information content (AvgIpc) is 4.20. The molecular formula is C49H72N16O11S. The Morgan fingerprint density at radius 3 is 1.70 bits per heavy atom. The summed E-state index contributed by atoms with van der Waals surface area (Å²) in [5, 5.41) is 33.7. The Hall–Kier alpha value is -7.85. The van der Waals surface area contributed by atoms with Crippen molar-refractivity contribution in [2.24, 2.45) is 23.3 Å². The molecule has 0 aliphatic heterocycles. The Balaban J connectivity index is 1.46. The van der Waals surface area contributed by atoms with Gasteiger partial charge < -0.3 is 79.4 Å². The summed E-state index contributed by atoms with van der Waals surface area (Å²) in [6.07, 6.45) is 9.18. The van der Waals surface area contributed by atoms with E-state index in [0.717, 1.165) is 10.9 Å². The summed E-state index contributed by atoms with van der Waals surface area (Å²) in [5.41, 5.74) is 13.1. The molecule has 0 saturated carbocycles. The van der Waals surface area contributed by atoms with Crippen LogP contribution in [0.25, 0.3) is 10.9 Å². The Morgan fingerprint density at radius 2 is 1.16 bits per heavy atom. The number of fused-ring (bicyclic) bond motifs is 1. The molecule has 0 radical (unpaired) electrons. The summed E-state index contributed by atoms with van der Waals surface area (Å²) in [4.78, 5) is 151. The molecular weight excluding hydrogens is 1020 g/mol. The highest BCUT2D eigenvalue weighted by Gasteiger charge is 2.34. The molecule has 0 spiro atoms. The molecule has 27 nitrogen and oxygen atoms in total. The van der Waals surface area contributed by atoms with Gasteiger partial charge in [0, 0.05) is 60.1 Å². The zero-order chi connectivity index (χ0) is 56.8. The van der Waals surface area contributed by atoms with Crippen LogP contribution in [0.3, 0.4) is 0 Å². The third kappa shape index (κ3) is 19.7. The molecule has 0 fully saturated rings. The van der Waals surface area contributed by atoms with Gasteiger partial charge in [-0.05, 0) is 55.2 Å². The number of H-pyrrole nitrogens is 3. The van der Waals surface area contributed by atoms with E-state index in [9.17, 15) is 53.1 Å². The fraction of sp³-hybridized carbons (Fsp3) is 0.510. The van der Waals surface area contributed by atoms with Gasteiger partial charge in [0.1, 0.15) is 48.3 Å². The monoisotopic (exact) mass is 1090 g/mol. The van der Waals surface area contributed by atoms with E-state index in [0.29, 0.717) is 22.7 Å². The maximum atomic E-state index is 14.2. The van der Waals surface area contributed by atoms with Crippen LogP contribution >= 0.6 is 11.8 Å². The SMILES string of the molecule is CSCCC(NC(=O)C(CC(C)C)NC(=O)C(Cc1cnc[nH]1)NC(=O)CNC(=O)C(NC(=O)C(C)NC(=O)C(Cc1c[nH]c2ccccc12)NC(=O)C(Cc1cnc[nH]1)NC(=O)C(CO)NC(=O)CN)C(C)C)C(N)=O. The van der Waals surface area contributed by atoms with Crippen molar-refractivity contribution < 1.29 is 53.1 Å². The highest BCUT2D eigenvalue weighted by atomic mass is 32.2. The standard InChI is InChI=1S/C49H72N16O11S/c1-25(2)13-34(45(72)61-33(42(51)69)11-12-77-6)62-46(73)36(15-29-19-52-23-56-29)59-40(68)21-55-49(76)41(26(3)4)65-43(70)27(5)58-44(71)35(14-28-18-54-32-10-8-7-9-31(28)32)63-47(74)37(16-30-20-53-24-57-30)64-48(75)38(22-66)60-39(67)17-50/h7-10,18-20,23-27,33-38,41,54,66H,11-17,21-22,50H2,1-6H3,(H2,51,69)(H,52,56)(H,53,57)(H,55,76)(H,58,71)(H,59,68)(H,60,67)(H,61,72)(H,62,73)(H,63,74)(H,64,75)(H,65,70). The van der Waals surface area contributed by atoms with Crippen molar-refractivity contribution in [1.29, 1.82) is 0 Å². The Bertz CT molecular complexity index is 2630. The third-order valence-electron chi connectivity index (χ3n) is 12.0. The third-order valence-corrected chi connectivity index (χ3v) is 12.7. The van der Waals surface area contributed by atoms with E-state index >= 15 is 0 Å². The first kappa shape index (κ1) is 61.7. The van der Waals surface area contributed by atoms with E-state index in [1.54, 1.807) is 26.1 Å². The van der Waals surface area contributed by atoms with E-state index in [2.05, 4.69) is 72.8 Å². The smallest absolute Gasteiger partial charge is 0.245 e. The number of benzene rings is 1. The molecule has 4 aromatic rings. The minimum atomic E-state index is -1.47. The lowest BCUT2D eigenvalue weighted by atomic mass is 10.0. The highest BCUT2D eigenvalue weighted by molar-refractivity contribution is 7.98. The molecule has 420 valence electrons. The van der Waals surface area contributed by atoms with Gasteiger partial charge in [-0.15, -0.1) is 0 Å². The van der Waals surface area contributed by atoms with Gasteiger partial charge in [0.15, 0.2) is 0 Å². The lowest BCUT2D eigenvalue weighted by Crippen LogP contribution is -2.60. The van der Waals surface area contributed by atoms with Crippen LogP contribution in [0.15, 0.2) is 55.5 Å². The summed E-state index contributed by atoms with van der Waals surface area (Å²) < 4.78 is 0. The van der Waals surface area contributed by atoms with Crippen LogP contribution in [0.1, 0.15) is 64.4 Å². The highest BCUT2D eigenvalue weighted by Crippen LogP contribution is 2.20. The second-order valence-electron chi connectivity index (χ2n) is 19.0. The average molecular weight is 1090 g/mol. The summed E-state index contributed by atoms with van der Waals surface area (Å²) in [5.74, 6) is -7.94. The fourth-order valence-corrected chi connectivity index (χ4v) is 8.33. The second-order valence-corrected chi connectivity index (χ2v) is 20.0. The number of para-hydroxylation sites is 1. The number of primary amides is 1. The van der Waals surface area contributed by atoms with E-state index in [1.807, 2.05) is 38.3 Å². The molecule has 8 atom stereocenters. The largest absolute Gasteiger partial charge is 0.394 e. The van der Waals surface area contributed by atoms with Crippen LogP contribution in [0.2, 0.25) is 0 Å². The lowest BCUT2D eigenvalue weighted by molar-refractivity contribution is -0.135. The molecule has 1 aromatic carbocycles. The van der Waals surface area contributed by atoms with Gasteiger partial charge in [0.2, 0.25) is 59.1 Å². The van der Waals surface area contributed by atoms with Gasteiger partial charge in [-0.2, -0.15) is 11.8 Å². The molecule has 3 heterocycles. The number of aromatic amines is 3. The zero-order valence-electron chi connectivity index (χ0n) is 43.8. The number of carbonyl (C=O) groups excluding carboxylic acids is 10. The molecule has 0 bridgehead atoms. The Labute approximate surface area is 448 Å². The van der Waals surface area contributed by atoms with Crippen molar-refractivity contribution in [1.82, 2.24) is 72.8 Å². The van der Waals surface area contributed by atoms with Crippen LogP contribution in [0, 0.1) is 11.8 Å². The molecule has 10 amide bonds. The predicted octanol–water partition coefficient (Wildman–Crippen LogP) is -3.45. The van der Waals surface area contributed by atoms with E-state index in [4.69, 9.17) is 11.5 Å². The molecule has 4 rings (SSSR count). The van der Waals surface area contributed by atoms with Crippen LogP contribution < -0.4 is 59.3 Å². The number of aromatic nitrogens is 5. The van der Waals surface area contributed by atoms with Gasteiger partial charge in [-0.25, -0.2) is 9.97 Å². The maximum Gasteiger partial charge on any atom is 0.245 e. The minimum Gasteiger partial charge on any atom is -0.394 e. The predicted molar refractivity (Wildman–Crippen MR) is 283 cm³/mol. The van der Waals surface area contributed by atoms with Crippen molar-refractivity contribution in [3.8, 4) is 0 Å². The zero-order valence-corrected chi connectivity index (χ0v) is 44.6. The first-order chi connectivity index (χ1) is 36.6. The number of thioether (sulfide) groups is 1. The van der Waals surface area contributed by atoms with Gasteiger partial charge in [0.25, 0.3) is 0 Å². The number of nitrogens with zero attached hydrogens (tertiary/aromatic N) is 2. The summed E-state index contributed by atoms with van der Waals surface area (Å²) in [6.45, 7) is 6.36. The van der Waals surface area contributed by atoms with Crippen molar-refractivity contribution in [3.63, 3.8) is 0 Å². The number of rotatable bonds is 32.